The van der Waals surface area contributed by atoms with Crippen LogP contribution in [0.4, 0.5) is 4.39 Å². The van der Waals surface area contributed by atoms with Crippen LogP contribution in [0.15, 0.2) is 0 Å². The summed E-state index contributed by atoms with van der Waals surface area (Å²) in [6.45, 7) is 5.45. The highest BCUT2D eigenvalue weighted by Gasteiger charge is 2.45. The zero-order valence-corrected chi connectivity index (χ0v) is 11.0. The lowest BCUT2D eigenvalue weighted by atomic mass is 9.84. The van der Waals surface area contributed by atoms with Crippen LogP contribution in [-0.4, -0.2) is 37.1 Å². The minimum atomic E-state index is -1.04. The number of halogens is 1. The topological polar surface area (TPSA) is 61.8 Å². The average molecular weight is 262 g/mol. The zero-order chi connectivity index (χ0) is 13.9. The summed E-state index contributed by atoms with van der Waals surface area (Å²) in [5.74, 6) is -1.34. The molecule has 6 heteroatoms. The highest BCUT2D eigenvalue weighted by Crippen LogP contribution is 2.33. The van der Waals surface area contributed by atoms with Gasteiger partial charge in [0.25, 0.3) is 0 Å². The molecular formula is C12H19FO5. The molecule has 0 radical (unpaired) electrons. The Kier molecular flexibility index (Phi) is 5.07. The number of ether oxygens (including phenoxy) is 3. The highest BCUT2D eigenvalue weighted by atomic mass is 19.1. The summed E-state index contributed by atoms with van der Waals surface area (Å²) in [6.07, 6.45) is -2.40. The van der Waals surface area contributed by atoms with Gasteiger partial charge in [0.2, 0.25) is 6.29 Å². The zero-order valence-electron chi connectivity index (χ0n) is 11.0. The lowest BCUT2D eigenvalue weighted by Gasteiger charge is -2.42. The molecule has 0 bridgehead atoms. The van der Waals surface area contributed by atoms with E-state index >= 15 is 0 Å². The predicted molar refractivity (Wildman–Crippen MR) is 60.3 cm³/mol. The molecule has 104 valence electrons. The Bertz CT molecular complexity index is 320. The van der Waals surface area contributed by atoms with E-state index in [9.17, 15) is 14.0 Å². The lowest BCUT2D eigenvalue weighted by molar-refractivity contribution is -0.268. The number of rotatable bonds is 3. The van der Waals surface area contributed by atoms with E-state index in [4.69, 9.17) is 14.2 Å². The molecule has 5 nitrogen and oxygen atoms in total. The molecule has 5 atom stereocenters. The van der Waals surface area contributed by atoms with E-state index in [1.807, 2.05) is 13.8 Å². The molecule has 1 aliphatic rings. The van der Waals surface area contributed by atoms with E-state index < -0.39 is 37.1 Å². The van der Waals surface area contributed by atoms with Crippen LogP contribution in [0, 0.1) is 11.8 Å². The van der Waals surface area contributed by atoms with Gasteiger partial charge < -0.3 is 14.2 Å². The Morgan fingerprint density at radius 1 is 1.11 bits per heavy atom. The Hall–Kier alpha value is -1.17. The Balaban J connectivity index is 2.86. The van der Waals surface area contributed by atoms with E-state index in [1.54, 1.807) is 0 Å². The molecule has 0 aliphatic carbocycles. The molecule has 1 rings (SSSR count). The van der Waals surface area contributed by atoms with Gasteiger partial charge in [-0.1, -0.05) is 13.8 Å². The number of hydrogen-bond donors (Lipinski definition) is 0. The van der Waals surface area contributed by atoms with Crippen molar-refractivity contribution in [3.8, 4) is 0 Å². The number of carbonyl (C=O) groups excluding carboxylic acids is 2. The van der Waals surface area contributed by atoms with Crippen LogP contribution in [0.5, 0.6) is 0 Å². The third-order valence-electron chi connectivity index (χ3n) is 3.25. The van der Waals surface area contributed by atoms with Gasteiger partial charge in [-0.2, -0.15) is 0 Å². The molecule has 0 aromatic rings. The van der Waals surface area contributed by atoms with Crippen LogP contribution in [0.2, 0.25) is 0 Å². The van der Waals surface area contributed by atoms with Gasteiger partial charge in [0, 0.05) is 19.8 Å². The maximum absolute atomic E-state index is 12.8. The maximum atomic E-state index is 12.8. The fourth-order valence-electron chi connectivity index (χ4n) is 2.05. The van der Waals surface area contributed by atoms with Crippen LogP contribution >= 0.6 is 0 Å². The van der Waals surface area contributed by atoms with Crippen molar-refractivity contribution >= 4 is 11.9 Å². The van der Waals surface area contributed by atoms with E-state index in [0.717, 1.165) is 0 Å². The first-order valence-corrected chi connectivity index (χ1v) is 5.92. The van der Waals surface area contributed by atoms with Gasteiger partial charge >= 0.3 is 11.9 Å². The van der Waals surface area contributed by atoms with Gasteiger partial charge in [-0.05, 0) is 5.92 Å². The largest absolute Gasteiger partial charge is 0.456 e. The van der Waals surface area contributed by atoms with Gasteiger partial charge in [-0.15, -0.1) is 0 Å². The number of hydrogen-bond acceptors (Lipinski definition) is 5. The van der Waals surface area contributed by atoms with Crippen LogP contribution in [0.25, 0.3) is 0 Å². The average Bonchev–Trinajstić information content (AvgIpc) is 2.27. The highest BCUT2D eigenvalue weighted by molar-refractivity contribution is 5.67. The molecule has 0 spiro atoms. The predicted octanol–water partition coefficient (Wildman–Crippen LogP) is 1.45. The second-order valence-electron chi connectivity index (χ2n) is 4.60. The summed E-state index contributed by atoms with van der Waals surface area (Å²) in [7, 11) is 0. The molecule has 2 unspecified atom stereocenters. The minimum Gasteiger partial charge on any atom is -0.456 e. The van der Waals surface area contributed by atoms with Crippen LogP contribution in [-0.2, 0) is 23.8 Å². The number of alkyl halides is 1. The second kappa shape index (κ2) is 6.13. The van der Waals surface area contributed by atoms with Crippen molar-refractivity contribution in [2.75, 3.05) is 6.67 Å². The molecule has 1 fully saturated rings. The van der Waals surface area contributed by atoms with Crippen molar-refractivity contribution in [3.63, 3.8) is 0 Å². The lowest BCUT2D eigenvalue weighted by Crippen LogP contribution is -2.53. The van der Waals surface area contributed by atoms with Crippen molar-refractivity contribution in [1.29, 1.82) is 0 Å². The molecule has 0 amide bonds. The van der Waals surface area contributed by atoms with Gasteiger partial charge in [0.15, 0.2) is 6.10 Å². The molecule has 0 saturated carbocycles. The Labute approximate surface area is 106 Å². The van der Waals surface area contributed by atoms with Gasteiger partial charge in [-0.25, -0.2) is 4.39 Å². The third kappa shape index (κ3) is 3.41. The molecule has 0 aromatic heterocycles. The molecular weight excluding hydrogens is 243 g/mol. The Morgan fingerprint density at radius 2 is 1.67 bits per heavy atom. The second-order valence-corrected chi connectivity index (χ2v) is 4.60. The first-order valence-electron chi connectivity index (χ1n) is 5.92. The monoisotopic (exact) mass is 262 g/mol. The summed E-state index contributed by atoms with van der Waals surface area (Å²) in [5.41, 5.74) is 0. The van der Waals surface area contributed by atoms with Gasteiger partial charge in [0.05, 0.1) is 6.10 Å². The maximum Gasteiger partial charge on any atom is 0.305 e. The van der Waals surface area contributed by atoms with Crippen LogP contribution < -0.4 is 0 Å². The van der Waals surface area contributed by atoms with Gasteiger partial charge in [0.1, 0.15) is 6.67 Å². The summed E-state index contributed by atoms with van der Waals surface area (Å²) >= 11 is 0. The standard InChI is InChI=1S/C12H19FO5/c1-6-7(2)11(16-8(3)14)12(17-9(4)15)18-10(6)5-13/h6-7,10-12H,5H2,1-4H3/t6-,7?,10-,11-,12?/m1/s1. The fourth-order valence-corrected chi connectivity index (χ4v) is 2.05. The van der Waals surface area contributed by atoms with Crippen LogP contribution in [0.3, 0.4) is 0 Å². The molecule has 1 heterocycles. The third-order valence-corrected chi connectivity index (χ3v) is 3.25. The van der Waals surface area contributed by atoms with Crippen molar-refractivity contribution in [2.45, 2.75) is 46.2 Å². The SMILES string of the molecule is CC(=O)OC1O[C@H](CF)[C@H](C)C(C)[C@H]1OC(C)=O. The van der Waals surface area contributed by atoms with Crippen molar-refractivity contribution in [1.82, 2.24) is 0 Å². The summed E-state index contributed by atoms with van der Waals surface area (Å²) in [4.78, 5) is 22.0. The molecule has 18 heavy (non-hydrogen) atoms. The summed E-state index contributed by atoms with van der Waals surface area (Å²) < 4.78 is 28.2. The van der Waals surface area contributed by atoms with E-state index in [1.165, 1.54) is 13.8 Å². The van der Waals surface area contributed by atoms with E-state index in [0.29, 0.717) is 0 Å². The van der Waals surface area contributed by atoms with Crippen LogP contribution in [0.1, 0.15) is 27.7 Å². The fraction of sp³-hybridized carbons (Fsp3) is 0.833. The van der Waals surface area contributed by atoms with E-state index in [-0.39, 0.29) is 11.8 Å². The Morgan fingerprint density at radius 3 is 2.11 bits per heavy atom. The number of esters is 2. The summed E-state index contributed by atoms with van der Waals surface area (Å²) in [5, 5.41) is 0. The van der Waals surface area contributed by atoms with E-state index in [2.05, 4.69) is 0 Å². The van der Waals surface area contributed by atoms with Crippen molar-refractivity contribution in [2.24, 2.45) is 11.8 Å². The molecule has 1 aliphatic heterocycles. The smallest absolute Gasteiger partial charge is 0.305 e. The molecule has 0 aromatic carbocycles. The minimum absolute atomic E-state index is 0.133. The quantitative estimate of drug-likeness (QED) is 0.720. The summed E-state index contributed by atoms with van der Waals surface area (Å²) in [6, 6.07) is 0. The molecule has 1 saturated heterocycles. The first-order chi connectivity index (χ1) is 8.36. The first kappa shape index (κ1) is 14.9. The van der Waals surface area contributed by atoms with Gasteiger partial charge in [-0.3, -0.25) is 9.59 Å². The van der Waals surface area contributed by atoms with Crippen molar-refractivity contribution < 1.29 is 28.2 Å². The normalized spacial score (nSPS) is 35.9. The number of carbonyl (C=O) groups is 2. The molecule has 0 N–H and O–H groups in total. The van der Waals surface area contributed by atoms with Crippen molar-refractivity contribution in [3.05, 3.63) is 0 Å².